The number of benzene rings is 2. The molecular formula is C30H30N6O3. The summed E-state index contributed by atoms with van der Waals surface area (Å²) in [4.78, 5) is 49.0. The van der Waals surface area contributed by atoms with Gasteiger partial charge in [-0.05, 0) is 48.2 Å². The summed E-state index contributed by atoms with van der Waals surface area (Å²) >= 11 is 0. The summed E-state index contributed by atoms with van der Waals surface area (Å²) in [6.45, 7) is 5.25. The fraction of sp³-hybridized carbons (Fsp3) is 0.300. The monoisotopic (exact) mass is 522 g/mol. The van der Waals surface area contributed by atoms with Gasteiger partial charge < -0.3 is 5.32 Å². The molecule has 2 N–H and O–H groups in total. The number of carbonyl (C=O) groups excluding carboxylic acids is 2. The number of nitrogens with one attached hydrogen (secondary N) is 2. The van der Waals surface area contributed by atoms with E-state index in [1.165, 1.54) is 15.7 Å². The molecule has 1 atom stereocenters. The second-order valence-electron chi connectivity index (χ2n) is 10.3. The van der Waals surface area contributed by atoms with Crippen LogP contribution in [0.1, 0.15) is 47.3 Å². The second kappa shape index (κ2) is 10.4. The molecule has 0 spiro atoms. The smallest absolute Gasteiger partial charge is 0.264 e. The Kier molecular flexibility index (Phi) is 6.66. The van der Waals surface area contributed by atoms with Crippen LogP contribution >= 0.6 is 0 Å². The van der Waals surface area contributed by atoms with E-state index in [0.29, 0.717) is 34.9 Å². The first-order valence-electron chi connectivity index (χ1n) is 13.3. The average Bonchev–Trinajstić information content (AvgIpc) is 2.91. The molecule has 1 unspecified atom stereocenters. The van der Waals surface area contributed by atoms with Crippen LogP contribution in [0.15, 0.2) is 71.8 Å². The largest absolute Gasteiger partial charge is 0.380 e. The summed E-state index contributed by atoms with van der Waals surface area (Å²) in [6.07, 6.45) is 4.24. The van der Waals surface area contributed by atoms with Crippen LogP contribution in [0.2, 0.25) is 0 Å². The van der Waals surface area contributed by atoms with E-state index in [1.807, 2.05) is 30.6 Å². The van der Waals surface area contributed by atoms with Gasteiger partial charge >= 0.3 is 0 Å². The summed E-state index contributed by atoms with van der Waals surface area (Å²) in [5, 5.41) is 6.17. The molecule has 2 aromatic heterocycles. The highest BCUT2D eigenvalue weighted by atomic mass is 16.2. The molecule has 0 radical (unpaired) electrons. The number of pyridine rings is 1. The van der Waals surface area contributed by atoms with E-state index in [1.54, 1.807) is 13.0 Å². The van der Waals surface area contributed by atoms with Gasteiger partial charge in [0, 0.05) is 56.6 Å². The SMILES string of the molecule is Cc1nc2cccc(NCc3ccc(CN4CC(c5cccnc5)C4)cc3)c2c(=O)n1C1CCC(=O)NC1=O. The molecule has 0 saturated carbocycles. The number of aryl methyl sites for hydroxylation is 1. The van der Waals surface area contributed by atoms with Crippen molar-refractivity contribution < 1.29 is 9.59 Å². The van der Waals surface area contributed by atoms with Crippen molar-refractivity contribution in [2.24, 2.45) is 0 Å². The summed E-state index contributed by atoms with van der Waals surface area (Å²) in [6, 6.07) is 17.4. The molecule has 2 amide bonds. The highest BCUT2D eigenvalue weighted by Crippen LogP contribution is 2.28. The third-order valence-electron chi connectivity index (χ3n) is 7.65. The number of imide groups is 1. The van der Waals surface area contributed by atoms with Crippen molar-refractivity contribution in [2.75, 3.05) is 18.4 Å². The number of anilines is 1. The van der Waals surface area contributed by atoms with E-state index < -0.39 is 11.9 Å². The number of piperidine rings is 1. The number of aromatic nitrogens is 3. The number of rotatable bonds is 7. The lowest BCUT2D eigenvalue weighted by Gasteiger charge is -2.39. The van der Waals surface area contributed by atoms with Crippen LogP contribution in [0.5, 0.6) is 0 Å². The van der Waals surface area contributed by atoms with E-state index in [0.717, 1.165) is 25.2 Å². The van der Waals surface area contributed by atoms with Gasteiger partial charge in [-0.3, -0.25) is 34.2 Å². The predicted octanol–water partition coefficient (Wildman–Crippen LogP) is 3.29. The summed E-state index contributed by atoms with van der Waals surface area (Å²) < 4.78 is 1.42. The van der Waals surface area contributed by atoms with Crippen LogP contribution in [0, 0.1) is 6.92 Å². The van der Waals surface area contributed by atoms with Gasteiger partial charge in [0.15, 0.2) is 0 Å². The lowest BCUT2D eigenvalue weighted by Crippen LogP contribution is -2.45. The number of hydrogen-bond donors (Lipinski definition) is 2. The van der Waals surface area contributed by atoms with Crippen molar-refractivity contribution in [1.29, 1.82) is 0 Å². The van der Waals surface area contributed by atoms with E-state index >= 15 is 0 Å². The van der Waals surface area contributed by atoms with Gasteiger partial charge in [-0.1, -0.05) is 36.4 Å². The number of likely N-dealkylation sites (tertiary alicyclic amines) is 1. The van der Waals surface area contributed by atoms with Gasteiger partial charge in [0.1, 0.15) is 11.9 Å². The highest BCUT2D eigenvalue weighted by molar-refractivity contribution is 5.99. The topological polar surface area (TPSA) is 109 Å². The van der Waals surface area contributed by atoms with Gasteiger partial charge in [0.25, 0.3) is 5.56 Å². The maximum atomic E-state index is 13.6. The minimum atomic E-state index is -0.751. The van der Waals surface area contributed by atoms with Gasteiger partial charge in [0.05, 0.1) is 10.9 Å². The maximum absolute atomic E-state index is 13.6. The molecule has 2 saturated heterocycles. The molecule has 9 heteroatoms. The minimum absolute atomic E-state index is 0.194. The van der Waals surface area contributed by atoms with Crippen LogP contribution in [0.4, 0.5) is 5.69 Å². The molecule has 4 aromatic rings. The van der Waals surface area contributed by atoms with Crippen molar-refractivity contribution in [3.05, 3.63) is 99.9 Å². The van der Waals surface area contributed by atoms with Crippen LogP contribution in [-0.2, 0) is 22.7 Å². The molecular weight excluding hydrogens is 492 g/mol. The van der Waals surface area contributed by atoms with Crippen molar-refractivity contribution in [3.63, 3.8) is 0 Å². The molecule has 2 fully saturated rings. The van der Waals surface area contributed by atoms with Crippen LogP contribution < -0.4 is 16.2 Å². The number of carbonyl (C=O) groups is 2. The predicted molar refractivity (Wildman–Crippen MR) is 148 cm³/mol. The van der Waals surface area contributed by atoms with Gasteiger partial charge in [-0.25, -0.2) is 4.98 Å². The minimum Gasteiger partial charge on any atom is -0.380 e. The fourth-order valence-electron chi connectivity index (χ4n) is 5.54. The van der Waals surface area contributed by atoms with E-state index in [2.05, 4.69) is 55.8 Å². The quantitative estimate of drug-likeness (QED) is 0.359. The highest BCUT2D eigenvalue weighted by Gasteiger charge is 2.31. The first-order valence-corrected chi connectivity index (χ1v) is 13.3. The van der Waals surface area contributed by atoms with Gasteiger partial charge in [0.2, 0.25) is 11.8 Å². The first kappa shape index (κ1) is 24.9. The zero-order valence-corrected chi connectivity index (χ0v) is 21.8. The van der Waals surface area contributed by atoms with Crippen molar-refractivity contribution in [1.82, 2.24) is 24.8 Å². The van der Waals surface area contributed by atoms with E-state index in [9.17, 15) is 14.4 Å². The standard InChI is InChI=1S/C30H30N6O3/c1-19-33-25-6-2-5-24(28(25)30(39)36(19)26-11-12-27(37)34-29(26)38)32-14-20-7-9-21(10-8-20)16-35-17-23(18-35)22-4-3-13-31-15-22/h2-10,13,15,23,26,32H,11-12,14,16-18H2,1H3,(H,34,37,38). The summed E-state index contributed by atoms with van der Waals surface area (Å²) in [5.74, 6) is 0.223. The Bertz CT molecular complexity index is 1590. The Hall–Kier alpha value is -4.37. The molecule has 0 bridgehead atoms. The number of hydrogen-bond acceptors (Lipinski definition) is 7. The Morgan fingerprint density at radius 3 is 2.54 bits per heavy atom. The molecule has 2 aliphatic rings. The zero-order valence-electron chi connectivity index (χ0n) is 21.8. The number of fused-ring (bicyclic) bond motifs is 1. The Morgan fingerprint density at radius 2 is 1.79 bits per heavy atom. The first-order chi connectivity index (χ1) is 19.0. The van der Waals surface area contributed by atoms with E-state index in [4.69, 9.17) is 0 Å². The molecule has 6 rings (SSSR count). The second-order valence-corrected chi connectivity index (χ2v) is 10.3. The van der Waals surface area contributed by atoms with Crippen molar-refractivity contribution in [2.45, 2.75) is 44.8 Å². The molecule has 4 heterocycles. The Labute approximate surface area is 225 Å². The van der Waals surface area contributed by atoms with Crippen molar-refractivity contribution >= 4 is 28.4 Å². The number of nitrogens with zero attached hydrogens (tertiary/aromatic N) is 4. The van der Waals surface area contributed by atoms with Crippen LogP contribution in [0.3, 0.4) is 0 Å². The third kappa shape index (κ3) is 5.05. The maximum Gasteiger partial charge on any atom is 0.264 e. The third-order valence-corrected chi connectivity index (χ3v) is 7.65. The van der Waals surface area contributed by atoms with Crippen LogP contribution in [-0.4, -0.2) is 44.3 Å². The lowest BCUT2D eigenvalue weighted by atomic mass is 9.92. The van der Waals surface area contributed by atoms with Crippen molar-refractivity contribution in [3.8, 4) is 0 Å². The van der Waals surface area contributed by atoms with Gasteiger partial charge in [-0.2, -0.15) is 0 Å². The van der Waals surface area contributed by atoms with Crippen LogP contribution in [0.25, 0.3) is 10.9 Å². The molecule has 9 nitrogen and oxygen atoms in total. The molecule has 2 aromatic carbocycles. The lowest BCUT2D eigenvalue weighted by molar-refractivity contribution is -0.135. The normalized spacial score (nSPS) is 18.1. The molecule has 198 valence electrons. The average molecular weight is 523 g/mol. The molecule has 0 aliphatic carbocycles. The summed E-state index contributed by atoms with van der Waals surface area (Å²) in [7, 11) is 0. The van der Waals surface area contributed by atoms with Gasteiger partial charge in [-0.15, -0.1) is 0 Å². The number of amides is 2. The molecule has 2 aliphatic heterocycles. The Morgan fingerprint density at radius 1 is 1.00 bits per heavy atom. The zero-order chi connectivity index (χ0) is 26.9. The summed E-state index contributed by atoms with van der Waals surface area (Å²) in [5.41, 5.74) is 4.61. The molecule has 39 heavy (non-hydrogen) atoms. The Balaban J connectivity index is 1.14. The fourth-order valence-corrected chi connectivity index (χ4v) is 5.54. The van der Waals surface area contributed by atoms with E-state index in [-0.39, 0.29) is 24.3 Å².